The Morgan fingerprint density at radius 3 is 2.94 bits per heavy atom. The normalized spacial score (nSPS) is 21.1. The van der Waals surface area contributed by atoms with E-state index in [9.17, 15) is 4.39 Å². The molecular formula is C13H19FN2. The second-order valence-electron chi connectivity index (χ2n) is 4.61. The monoisotopic (exact) mass is 222 g/mol. The molecule has 1 saturated heterocycles. The molecule has 1 fully saturated rings. The smallest absolute Gasteiger partial charge is 0.127 e. The number of rotatable bonds is 2. The summed E-state index contributed by atoms with van der Waals surface area (Å²) in [7, 11) is 0. The number of nitrogens with zero attached hydrogens (tertiary/aromatic N) is 1. The molecule has 3 heteroatoms. The van der Waals surface area contributed by atoms with E-state index in [1.807, 2.05) is 6.07 Å². The molecule has 2 N–H and O–H groups in total. The van der Waals surface area contributed by atoms with Gasteiger partial charge in [-0.15, -0.1) is 0 Å². The molecule has 0 aliphatic carbocycles. The quantitative estimate of drug-likeness (QED) is 0.779. The third-order valence-electron chi connectivity index (χ3n) is 3.37. The lowest BCUT2D eigenvalue weighted by Gasteiger charge is -2.34. The van der Waals surface area contributed by atoms with Crippen molar-refractivity contribution in [3.05, 3.63) is 24.0 Å². The Bertz CT molecular complexity index is 345. The largest absolute Gasteiger partial charge is 0.399 e. The highest BCUT2D eigenvalue weighted by atomic mass is 19.1. The standard InChI is InChI=1S/C13H19FN2/c1-2-10-4-3-5-16(9-10)13-7-11(14)6-12(15)8-13/h6-8,10H,2-5,9,15H2,1H3. The maximum Gasteiger partial charge on any atom is 0.127 e. The summed E-state index contributed by atoms with van der Waals surface area (Å²) in [5, 5.41) is 0. The fourth-order valence-electron chi connectivity index (χ4n) is 2.41. The predicted octanol–water partition coefficient (Wildman–Crippen LogP) is 3.03. The summed E-state index contributed by atoms with van der Waals surface area (Å²) in [4.78, 5) is 2.25. The van der Waals surface area contributed by atoms with E-state index in [2.05, 4.69) is 11.8 Å². The topological polar surface area (TPSA) is 29.3 Å². The highest BCUT2D eigenvalue weighted by Crippen LogP contribution is 2.26. The van der Waals surface area contributed by atoms with Crippen LogP contribution in [0.4, 0.5) is 15.8 Å². The van der Waals surface area contributed by atoms with Crippen LogP contribution in [-0.2, 0) is 0 Å². The number of hydrogen-bond acceptors (Lipinski definition) is 2. The zero-order chi connectivity index (χ0) is 11.5. The molecule has 1 unspecified atom stereocenters. The van der Waals surface area contributed by atoms with Gasteiger partial charge >= 0.3 is 0 Å². The van der Waals surface area contributed by atoms with Crippen molar-refractivity contribution in [2.45, 2.75) is 26.2 Å². The van der Waals surface area contributed by atoms with Gasteiger partial charge in [0, 0.05) is 24.5 Å². The summed E-state index contributed by atoms with van der Waals surface area (Å²) in [6.07, 6.45) is 3.67. The van der Waals surface area contributed by atoms with Gasteiger partial charge in [-0.1, -0.05) is 13.3 Å². The second kappa shape index (κ2) is 4.73. The summed E-state index contributed by atoms with van der Waals surface area (Å²) in [6, 6.07) is 4.81. The SMILES string of the molecule is CCC1CCCN(c2cc(N)cc(F)c2)C1. The van der Waals surface area contributed by atoms with Gasteiger partial charge in [-0.05, 0) is 37.0 Å². The molecule has 16 heavy (non-hydrogen) atoms. The van der Waals surface area contributed by atoms with Crippen molar-refractivity contribution >= 4 is 11.4 Å². The fraction of sp³-hybridized carbons (Fsp3) is 0.538. The van der Waals surface area contributed by atoms with E-state index in [1.54, 1.807) is 6.07 Å². The predicted molar refractivity (Wildman–Crippen MR) is 66.0 cm³/mol. The summed E-state index contributed by atoms with van der Waals surface area (Å²) in [6.45, 7) is 4.26. The first kappa shape index (κ1) is 11.2. The van der Waals surface area contributed by atoms with Crippen molar-refractivity contribution in [2.24, 2.45) is 5.92 Å². The highest BCUT2D eigenvalue weighted by molar-refractivity contribution is 5.56. The van der Waals surface area contributed by atoms with E-state index < -0.39 is 0 Å². The van der Waals surface area contributed by atoms with Crippen LogP contribution in [0.15, 0.2) is 18.2 Å². The molecule has 1 aromatic carbocycles. The molecule has 2 rings (SSSR count). The van der Waals surface area contributed by atoms with Gasteiger partial charge in [0.1, 0.15) is 5.82 Å². The lowest BCUT2D eigenvalue weighted by atomic mass is 9.95. The van der Waals surface area contributed by atoms with E-state index in [0.717, 1.165) is 24.7 Å². The summed E-state index contributed by atoms with van der Waals surface area (Å²) >= 11 is 0. The third-order valence-corrected chi connectivity index (χ3v) is 3.37. The molecule has 1 aliphatic rings. The van der Waals surface area contributed by atoms with E-state index in [-0.39, 0.29) is 5.82 Å². The molecular weight excluding hydrogens is 203 g/mol. The molecule has 1 aliphatic heterocycles. The molecule has 0 radical (unpaired) electrons. The molecule has 0 saturated carbocycles. The summed E-state index contributed by atoms with van der Waals surface area (Å²) < 4.78 is 13.3. The molecule has 1 atom stereocenters. The zero-order valence-corrected chi connectivity index (χ0v) is 9.75. The Labute approximate surface area is 96.2 Å². The van der Waals surface area contributed by atoms with Gasteiger partial charge in [0.25, 0.3) is 0 Å². The van der Waals surface area contributed by atoms with Crippen LogP contribution in [0.5, 0.6) is 0 Å². The first-order chi connectivity index (χ1) is 7.69. The van der Waals surface area contributed by atoms with Crippen LogP contribution in [0, 0.1) is 11.7 Å². The van der Waals surface area contributed by atoms with E-state index in [0.29, 0.717) is 5.69 Å². The van der Waals surface area contributed by atoms with Crippen LogP contribution >= 0.6 is 0 Å². The number of anilines is 2. The Hall–Kier alpha value is -1.25. The van der Waals surface area contributed by atoms with Crippen LogP contribution in [0.3, 0.4) is 0 Å². The highest BCUT2D eigenvalue weighted by Gasteiger charge is 2.19. The van der Waals surface area contributed by atoms with Gasteiger partial charge in [0.2, 0.25) is 0 Å². The number of piperidine rings is 1. The minimum absolute atomic E-state index is 0.242. The fourth-order valence-corrected chi connectivity index (χ4v) is 2.41. The van der Waals surface area contributed by atoms with Gasteiger partial charge in [-0.2, -0.15) is 0 Å². The molecule has 2 nitrogen and oxygen atoms in total. The molecule has 88 valence electrons. The van der Waals surface area contributed by atoms with Crippen molar-refractivity contribution in [3.63, 3.8) is 0 Å². The van der Waals surface area contributed by atoms with Crippen LogP contribution in [0.25, 0.3) is 0 Å². The molecule has 0 amide bonds. The number of hydrogen-bond donors (Lipinski definition) is 1. The average molecular weight is 222 g/mol. The first-order valence-electron chi connectivity index (χ1n) is 6.00. The number of benzene rings is 1. The van der Waals surface area contributed by atoms with Crippen LogP contribution in [0.2, 0.25) is 0 Å². The van der Waals surface area contributed by atoms with Gasteiger partial charge in [-0.25, -0.2) is 4.39 Å². The Balaban J connectivity index is 2.16. The zero-order valence-electron chi connectivity index (χ0n) is 9.75. The van der Waals surface area contributed by atoms with Crippen LogP contribution < -0.4 is 10.6 Å². The van der Waals surface area contributed by atoms with Crippen molar-refractivity contribution in [3.8, 4) is 0 Å². The van der Waals surface area contributed by atoms with Gasteiger partial charge in [-0.3, -0.25) is 0 Å². The number of nitrogen functional groups attached to an aromatic ring is 1. The van der Waals surface area contributed by atoms with E-state index >= 15 is 0 Å². The Morgan fingerprint density at radius 2 is 2.25 bits per heavy atom. The lowest BCUT2D eigenvalue weighted by Crippen LogP contribution is -2.35. The van der Waals surface area contributed by atoms with Crippen molar-refractivity contribution < 1.29 is 4.39 Å². The van der Waals surface area contributed by atoms with Gasteiger partial charge < -0.3 is 10.6 Å². The molecule has 0 aromatic heterocycles. The van der Waals surface area contributed by atoms with Crippen LogP contribution in [0.1, 0.15) is 26.2 Å². The van der Waals surface area contributed by atoms with E-state index in [1.165, 1.54) is 25.3 Å². The van der Waals surface area contributed by atoms with Crippen molar-refractivity contribution in [1.29, 1.82) is 0 Å². The van der Waals surface area contributed by atoms with Gasteiger partial charge in [0.15, 0.2) is 0 Å². The number of halogens is 1. The molecule has 0 bridgehead atoms. The van der Waals surface area contributed by atoms with Crippen molar-refractivity contribution in [1.82, 2.24) is 0 Å². The second-order valence-corrected chi connectivity index (χ2v) is 4.61. The lowest BCUT2D eigenvalue weighted by molar-refractivity contribution is 0.404. The molecule has 1 heterocycles. The Kier molecular flexibility index (Phi) is 3.32. The molecule has 0 spiro atoms. The summed E-state index contributed by atoms with van der Waals surface area (Å²) in [5.41, 5.74) is 7.10. The first-order valence-corrected chi connectivity index (χ1v) is 6.00. The maximum atomic E-state index is 13.3. The van der Waals surface area contributed by atoms with Crippen molar-refractivity contribution in [2.75, 3.05) is 23.7 Å². The van der Waals surface area contributed by atoms with E-state index in [4.69, 9.17) is 5.73 Å². The number of nitrogens with two attached hydrogens (primary N) is 1. The average Bonchev–Trinajstić information content (AvgIpc) is 2.28. The summed E-state index contributed by atoms with van der Waals surface area (Å²) in [5.74, 6) is 0.492. The third kappa shape index (κ3) is 2.46. The van der Waals surface area contributed by atoms with Crippen LogP contribution in [-0.4, -0.2) is 13.1 Å². The molecule has 1 aromatic rings. The maximum absolute atomic E-state index is 13.3. The minimum atomic E-state index is -0.242. The minimum Gasteiger partial charge on any atom is -0.399 e. The van der Waals surface area contributed by atoms with Gasteiger partial charge in [0.05, 0.1) is 0 Å². The Morgan fingerprint density at radius 1 is 1.44 bits per heavy atom.